The predicted octanol–water partition coefficient (Wildman–Crippen LogP) is 2.79. The van der Waals surface area contributed by atoms with Crippen molar-refractivity contribution in [2.24, 2.45) is 7.05 Å². The molecule has 1 aromatic carbocycles. The number of nitrogens with zero attached hydrogens (tertiary/aromatic N) is 4. The normalized spacial score (nSPS) is 14.4. The van der Waals surface area contributed by atoms with E-state index in [1.807, 2.05) is 11.0 Å². The zero-order valence-electron chi connectivity index (χ0n) is 18.3. The third kappa shape index (κ3) is 5.00. The van der Waals surface area contributed by atoms with Gasteiger partial charge in [0.05, 0.1) is 11.7 Å². The Labute approximate surface area is 194 Å². The average Bonchev–Trinajstić information content (AvgIpc) is 2.82. The minimum absolute atomic E-state index is 0.0735. The molecule has 0 spiro atoms. The minimum Gasteiger partial charge on any atom is -0.478 e. The Morgan fingerprint density at radius 2 is 2.06 bits per heavy atom. The first-order chi connectivity index (χ1) is 15.9. The summed E-state index contributed by atoms with van der Waals surface area (Å²) in [6.07, 6.45) is 1.62. The number of aromatic nitrogens is 3. The van der Waals surface area contributed by atoms with Crippen LogP contribution in [0.4, 0.5) is 21.8 Å². The van der Waals surface area contributed by atoms with Crippen molar-refractivity contribution >= 4 is 45.9 Å². The average molecular weight is 475 g/mol. The van der Waals surface area contributed by atoms with Gasteiger partial charge in [-0.05, 0) is 37.1 Å². The number of anilines is 3. The Kier molecular flexibility index (Phi) is 6.64. The Balaban J connectivity index is 1.61. The number of amides is 1. The van der Waals surface area contributed by atoms with Crippen molar-refractivity contribution in [3.05, 3.63) is 45.8 Å². The fourth-order valence-corrected chi connectivity index (χ4v) is 3.77. The smallest absolute Gasteiger partial charge is 0.293 e. The number of aryl methyl sites for hydroxylation is 1. The van der Waals surface area contributed by atoms with Gasteiger partial charge in [-0.1, -0.05) is 11.6 Å². The van der Waals surface area contributed by atoms with Crippen LogP contribution < -0.4 is 25.8 Å². The van der Waals surface area contributed by atoms with Crippen LogP contribution in [0.1, 0.15) is 12.8 Å². The Hall–Kier alpha value is -3.40. The van der Waals surface area contributed by atoms with E-state index in [1.165, 1.54) is 17.8 Å². The highest BCUT2D eigenvalue weighted by atomic mass is 35.5. The van der Waals surface area contributed by atoms with Gasteiger partial charge in [0.25, 0.3) is 11.5 Å². The standard InChI is InChI=1S/C22H24ClFN6O3/c1-25-19(31)12-33-18-10-13-9-15(3-4-17(13)29(2)21(18)32)27-20-16(23)11-26-22(28-20)30-7-5-14(24)6-8-30/h3-4,9-11,14H,5-8,12H2,1-2H3,(H,25,31)(H,26,27,28). The van der Waals surface area contributed by atoms with Crippen molar-refractivity contribution in [2.75, 3.05) is 37.0 Å². The van der Waals surface area contributed by atoms with Gasteiger partial charge in [-0.15, -0.1) is 0 Å². The number of halogens is 2. The summed E-state index contributed by atoms with van der Waals surface area (Å²) in [6.45, 7) is 0.838. The molecule has 0 unspecified atom stereocenters. The van der Waals surface area contributed by atoms with Gasteiger partial charge >= 0.3 is 0 Å². The van der Waals surface area contributed by atoms with Gasteiger partial charge in [-0.3, -0.25) is 9.59 Å². The van der Waals surface area contributed by atoms with Crippen LogP contribution in [0.15, 0.2) is 35.3 Å². The van der Waals surface area contributed by atoms with Crippen LogP contribution in [0.2, 0.25) is 5.02 Å². The molecule has 0 atom stereocenters. The lowest BCUT2D eigenvalue weighted by atomic mass is 10.1. The molecule has 4 rings (SSSR count). The summed E-state index contributed by atoms with van der Waals surface area (Å²) in [6, 6.07) is 7.03. The summed E-state index contributed by atoms with van der Waals surface area (Å²) in [7, 11) is 3.13. The highest BCUT2D eigenvalue weighted by Gasteiger charge is 2.21. The van der Waals surface area contributed by atoms with Crippen molar-refractivity contribution < 1.29 is 13.9 Å². The fraction of sp³-hybridized carbons (Fsp3) is 0.364. The number of pyridine rings is 1. The molecule has 0 aliphatic carbocycles. The third-order valence-electron chi connectivity index (χ3n) is 5.53. The lowest BCUT2D eigenvalue weighted by Gasteiger charge is -2.28. The summed E-state index contributed by atoms with van der Waals surface area (Å²) in [4.78, 5) is 34.8. The van der Waals surface area contributed by atoms with E-state index in [1.54, 1.807) is 25.2 Å². The molecular formula is C22H24ClFN6O3. The number of fused-ring (bicyclic) bond motifs is 1. The lowest BCUT2D eigenvalue weighted by Crippen LogP contribution is -2.35. The Bertz CT molecular complexity index is 1240. The first-order valence-corrected chi connectivity index (χ1v) is 10.9. The summed E-state index contributed by atoms with van der Waals surface area (Å²) in [5.74, 6) is 0.646. The van der Waals surface area contributed by atoms with Crippen LogP contribution in [0.3, 0.4) is 0 Å². The van der Waals surface area contributed by atoms with Gasteiger partial charge in [0.1, 0.15) is 11.2 Å². The number of hydrogen-bond acceptors (Lipinski definition) is 7. The quantitative estimate of drug-likeness (QED) is 0.566. The highest BCUT2D eigenvalue weighted by molar-refractivity contribution is 6.32. The molecule has 0 radical (unpaired) electrons. The molecule has 1 fully saturated rings. The molecule has 11 heteroatoms. The summed E-state index contributed by atoms with van der Waals surface area (Å²) >= 11 is 6.31. The second-order valence-corrected chi connectivity index (χ2v) is 8.17. The first-order valence-electron chi connectivity index (χ1n) is 10.5. The van der Waals surface area contributed by atoms with Gasteiger partial charge in [-0.25, -0.2) is 9.37 Å². The molecule has 1 saturated heterocycles. The van der Waals surface area contributed by atoms with Gasteiger partial charge in [0.15, 0.2) is 18.2 Å². The van der Waals surface area contributed by atoms with E-state index in [4.69, 9.17) is 16.3 Å². The molecule has 2 aromatic heterocycles. The number of carbonyl (C=O) groups excluding carboxylic acids is 1. The van der Waals surface area contributed by atoms with Crippen LogP contribution in [0.25, 0.3) is 10.9 Å². The number of hydrogen-bond donors (Lipinski definition) is 2. The largest absolute Gasteiger partial charge is 0.478 e. The Morgan fingerprint density at radius 1 is 1.30 bits per heavy atom. The van der Waals surface area contributed by atoms with E-state index in [-0.39, 0.29) is 23.8 Å². The van der Waals surface area contributed by atoms with Crippen molar-refractivity contribution in [1.29, 1.82) is 0 Å². The number of alkyl halides is 1. The summed E-state index contributed by atoms with van der Waals surface area (Å²) < 4.78 is 20.3. The summed E-state index contributed by atoms with van der Waals surface area (Å²) in [5, 5.41) is 6.71. The molecule has 0 bridgehead atoms. The maximum absolute atomic E-state index is 13.5. The van der Waals surface area contributed by atoms with E-state index in [2.05, 4.69) is 20.6 Å². The van der Waals surface area contributed by atoms with Crippen molar-refractivity contribution in [2.45, 2.75) is 19.0 Å². The van der Waals surface area contributed by atoms with Crippen molar-refractivity contribution in [1.82, 2.24) is 19.9 Å². The summed E-state index contributed by atoms with van der Waals surface area (Å²) in [5.41, 5.74) is 1.04. The van der Waals surface area contributed by atoms with Gasteiger partial charge < -0.3 is 24.8 Å². The number of likely N-dealkylation sites (N-methyl/N-ethyl adjacent to an activating group) is 1. The lowest BCUT2D eigenvalue weighted by molar-refractivity contribution is -0.122. The van der Waals surface area contributed by atoms with Crippen LogP contribution in [-0.2, 0) is 11.8 Å². The minimum atomic E-state index is -0.787. The zero-order chi connectivity index (χ0) is 23.5. The van der Waals surface area contributed by atoms with E-state index in [0.29, 0.717) is 53.9 Å². The second kappa shape index (κ2) is 9.62. The first kappa shape index (κ1) is 22.8. The number of carbonyl (C=O) groups is 1. The molecule has 1 aliphatic rings. The number of rotatable bonds is 6. The van der Waals surface area contributed by atoms with Crippen LogP contribution in [0, 0.1) is 0 Å². The highest BCUT2D eigenvalue weighted by Crippen LogP contribution is 2.28. The Morgan fingerprint density at radius 3 is 2.79 bits per heavy atom. The molecule has 3 aromatic rings. The number of ether oxygens (including phenoxy) is 1. The monoisotopic (exact) mass is 474 g/mol. The molecule has 1 amide bonds. The third-order valence-corrected chi connectivity index (χ3v) is 5.81. The SMILES string of the molecule is CNC(=O)COc1cc2cc(Nc3nc(N4CCC(F)CC4)ncc3Cl)ccc2n(C)c1=O. The number of piperidine rings is 1. The molecule has 0 saturated carbocycles. The van der Waals surface area contributed by atoms with Gasteiger partial charge in [-0.2, -0.15) is 4.98 Å². The second-order valence-electron chi connectivity index (χ2n) is 7.76. The molecule has 3 heterocycles. The maximum Gasteiger partial charge on any atom is 0.293 e. The molecule has 33 heavy (non-hydrogen) atoms. The van der Waals surface area contributed by atoms with E-state index < -0.39 is 6.17 Å². The van der Waals surface area contributed by atoms with E-state index in [9.17, 15) is 14.0 Å². The molecule has 174 valence electrons. The van der Waals surface area contributed by atoms with Gasteiger partial charge in [0, 0.05) is 38.3 Å². The maximum atomic E-state index is 13.5. The molecule has 1 aliphatic heterocycles. The molecule has 2 N–H and O–H groups in total. The van der Waals surface area contributed by atoms with E-state index in [0.717, 1.165) is 5.39 Å². The fourth-order valence-electron chi connectivity index (χ4n) is 3.63. The zero-order valence-corrected chi connectivity index (χ0v) is 19.0. The van der Waals surface area contributed by atoms with Gasteiger partial charge in [0.2, 0.25) is 5.95 Å². The topological polar surface area (TPSA) is 101 Å². The number of nitrogens with one attached hydrogen (secondary N) is 2. The van der Waals surface area contributed by atoms with Crippen LogP contribution in [-0.4, -0.2) is 53.4 Å². The molecular weight excluding hydrogens is 451 g/mol. The van der Waals surface area contributed by atoms with E-state index >= 15 is 0 Å². The predicted molar refractivity (Wildman–Crippen MR) is 125 cm³/mol. The van der Waals surface area contributed by atoms with Crippen molar-refractivity contribution in [3.8, 4) is 5.75 Å². The number of benzene rings is 1. The van der Waals surface area contributed by atoms with Crippen LogP contribution >= 0.6 is 11.6 Å². The molecule has 9 nitrogen and oxygen atoms in total. The van der Waals surface area contributed by atoms with Crippen LogP contribution in [0.5, 0.6) is 5.75 Å². The van der Waals surface area contributed by atoms with Crippen molar-refractivity contribution in [3.63, 3.8) is 0 Å².